The van der Waals surface area contributed by atoms with Gasteiger partial charge in [0.05, 0.1) is 17.6 Å². The van der Waals surface area contributed by atoms with Gasteiger partial charge in [0, 0.05) is 18.1 Å². The lowest BCUT2D eigenvalue weighted by molar-refractivity contribution is -0.144. The van der Waals surface area contributed by atoms with Crippen molar-refractivity contribution in [1.82, 2.24) is 4.90 Å². The zero-order valence-corrected chi connectivity index (χ0v) is 20.8. The Bertz CT molecular complexity index is 1050. The number of carboxylic acid groups (broad SMARTS) is 1. The number of halogens is 2. The van der Waals surface area contributed by atoms with Crippen LogP contribution in [-0.4, -0.2) is 34.2 Å². The maximum Gasteiger partial charge on any atom is 0.306 e. The van der Waals surface area contributed by atoms with Crippen molar-refractivity contribution in [2.45, 2.75) is 102 Å². The van der Waals surface area contributed by atoms with Crippen molar-refractivity contribution in [1.29, 1.82) is 0 Å². The second-order valence-corrected chi connectivity index (χ2v) is 10.9. The first kappa shape index (κ1) is 24.5. The van der Waals surface area contributed by atoms with E-state index in [0.29, 0.717) is 24.0 Å². The molecule has 2 aromatic rings. The summed E-state index contributed by atoms with van der Waals surface area (Å²) < 4.78 is 35.0. The van der Waals surface area contributed by atoms with Crippen molar-refractivity contribution >= 4 is 16.7 Å². The van der Waals surface area contributed by atoms with E-state index in [1.165, 1.54) is 6.42 Å². The van der Waals surface area contributed by atoms with Gasteiger partial charge in [0.2, 0.25) is 0 Å². The van der Waals surface area contributed by atoms with Crippen LogP contribution in [0.15, 0.2) is 30.3 Å². The van der Waals surface area contributed by atoms with Crippen LogP contribution in [0.3, 0.4) is 0 Å². The number of fused-ring (bicyclic) bond motifs is 3. The number of rotatable bonds is 7. The number of piperidine rings is 1. The second kappa shape index (κ2) is 10.0. The molecule has 35 heavy (non-hydrogen) atoms. The molecular formula is C29H37F2NO3. The molecule has 3 atom stereocenters. The molecule has 2 bridgehead atoms. The van der Waals surface area contributed by atoms with Crippen molar-refractivity contribution in [3.8, 4) is 5.75 Å². The number of aliphatic carboxylic acids is 1. The third-order valence-electron chi connectivity index (χ3n) is 9.00. The smallest absolute Gasteiger partial charge is 0.306 e. The lowest BCUT2D eigenvalue weighted by Crippen LogP contribution is -2.45. The molecule has 6 heteroatoms. The number of carbonyl (C=O) groups is 1. The second-order valence-electron chi connectivity index (χ2n) is 10.9. The molecule has 1 N–H and O–H groups in total. The molecule has 5 rings (SSSR count). The van der Waals surface area contributed by atoms with E-state index in [1.54, 1.807) is 6.07 Å². The van der Waals surface area contributed by atoms with E-state index >= 15 is 0 Å². The van der Waals surface area contributed by atoms with Crippen LogP contribution in [0.5, 0.6) is 5.75 Å². The van der Waals surface area contributed by atoms with Gasteiger partial charge < -0.3 is 9.84 Å². The third-order valence-corrected chi connectivity index (χ3v) is 9.00. The number of ether oxygens (including phenoxy) is 1. The predicted molar refractivity (Wildman–Crippen MR) is 133 cm³/mol. The molecular weight excluding hydrogens is 448 g/mol. The van der Waals surface area contributed by atoms with Gasteiger partial charge in [-0.2, -0.15) is 0 Å². The molecule has 3 aliphatic rings. The first-order chi connectivity index (χ1) is 16.9. The third kappa shape index (κ3) is 4.78. The largest absolute Gasteiger partial charge is 0.490 e. The molecule has 2 saturated heterocycles. The molecule has 3 fully saturated rings. The minimum Gasteiger partial charge on any atom is -0.490 e. The maximum absolute atomic E-state index is 14.4. The summed E-state index contributed by atoms with van der Waals surface area (Å²) in [6, 6.07) is 10.0. The van der Waals surface area contributed by atoms with Gasteiger partial charge in [-0.3, -0.25) is 9.69 Å². The zero-order chi connectivity index (χ0) is 24.7. The summed E-state index contributed by atoms with van der Waals surface area (Å²) >= 11 is 0. The van der Waals surface area contributed by atoms with Crippen LogP contribution in [0, 0.1) is 11.8 Å². The monoisotopic (exact) mass is 485 g/mol. The first-order valence-corrected chi connectivity index (χ1v) is 13.4. The molecule has 190 valence electrons. The van der Waals surface area contributed by atoms with Gasteiger partial charge in [0.25, 0.3) is 6.43 Å². The van der Waals surface area contributed by atoms with Crippen molar-refractivity contribution in [3.63, 3.8) is 0 Å². The molecule has 2 aromatic carbocycles. The zero-order valence-electron chi connectivity index (χ0n) is 20.8. The standard InChI is InChI=1S/C29H37F2NO3/c1-3-18-4-11-24(12-5-18)35-26-13-8-19-6-7-20(16-25(19)27(26)28(30)31)17(2)32-22-9-10-23(32)15-21(14-22)29(33)34/h6-8,13,16-18,21-24,28H,3-5,9-12,14-15H2,1-2H3,(H,33,34)/t17?,18-,21?,22?,23?,24+. The molecule has 1 aliphatic carbocycles. The molecule has 1 saturated carbocycles. The Morgan fingerprint density at radius 2 is 1.71 bits per heavy atom. The summed E-state index contributed by atoms with van der Waals surface area (Å²) in [4.78, 5) is 14.0. The quantitative estimate of drug-likeness (QED) is 0.441. The Balaban J connectivity index is 1.42. The average molecular weight is 486 g/mol. The normalized spacial score (nSPS) is 30.0. The van der Waals surface area contributed by atoms with Gasteiger partial charge in [-0.05, 0) is 92.7 Å². The van der Waals surface area contributed by atoms with Gasteiger partial charge in [0.15, 0.2) is 0 Å². The van der Waals surface area contributed by atoms with Crippen molar-refractivity contribution in [2.75, 3.05) is 0 Å². The van der Waals surface area contributed by atoms with Crippen LogP contribution in [0.2, 0.25) is 0 Å². The molecule has 0 radical (unpaired) electrons. The fourth-order valence-electron chi connectivity index (χ4n) is 6.99. The van der Waals surface area contributed by atoms with Gasteiger partial charge >= 0.3 is 5.97 Å². The lowest BCUT2D eigenvalue weighted by atomic mass is 9.86. The molecule has 4 nitrogen and oxygen atoms in total. The summed E-state index contributed by atoms with van der Waals surface area (Å²) in [6.45, 7) is 4.34. The maximum atomic E-state index is 14.4. The fourth-order valence-corrected chi connectivity index (χ4v) is 6.99. The molecule has 0 spiro atoms. The Labute approximate surface area is 206 Å². The Kier molecular flexibility index (Phi) is 7.02. The van der Waals surface area contributed by atoms with Gasteiger partial charge in [-0.25, -0.2) is 8.78 Å². The summed E-state index contributed by atoms with van der Waals surface area (Å²) in [6.07, 6.45) is 5.95. The van der Waals surface area contributed by atoms with Gasteiger partial charge in [-0.1, -0.05) is 31.5 Å². The van der Waals surface area contributed by atoms with E-state index in [-0.39, 0.29) is 35.7 Å². The van der Waals surface area contributed by atoms with Crippen LogP contribution in [-0.2, 0) is 4.79 Å². The Hall–Kier alpha value is -2.21. The van der Waals surface area contributed by atoms with Gasteiger partial charge in [-0.15, -0.1) is 0 Å². The average Bonchev–Trinajstić information content (AvgIpc) is 3.11. The van der Waals surface area contributed by atoms with Crippen LogP contribution < -0.4 is 4.74 Å². The highest BCUT2D eigenvalue weighted by Crippen LogP contribution is 2.45. The number of carboxylic acids is 1. The fraction of sp³-hybridized carbons (Fsp3) is 0.621. The SMILES string of the molecule is CC[C@H]1CC[C@@H](Oc2ccc3ccc(C(C)N4C5CCC4CC(C(=O)O)C5)cc3c2C(F)F)CC1. The Morgan fingerprint density at radius 3 is 2.31 bits per heavy atom. The number of alkyl halides is 2. The predicted octanol–water partition coefficient (Wildman–Crippen LogP) is 7.51. The molecule has 3 unspecified atom stereocenters. The highest BCUT2D eigenvalue weighted by molar-refractivity contribution is 5.88. The van der Waals surface area contributed by atoms with E-state index in [4.69, 9.17) is 4.74 Å². The summed E-state index contributed by atoms with van der Waals surface area (Å²) in [5.74, 6) is 0.0720. The van der Waals surface area contributed by atoms with Crippen LogP contribution in [0.25, 0.3) is 10.8 Å². The summed E-state index contributed by atoms with van der Waals surface area (Å²) in [7, 11) is 0. The molecule has 2 heterocycles. The lowest BCUT2D eigenvalue weighted by Gasteiger charge is -2.41. The van der Waals surface area contributed by atoms with E-state index in [1.807, 2.05) is 24.3 Å². The number of nitrogens with zero attached hydrogens (tertiary/aromatic N) is 1. The van der Waals surface area contributed by atoms with E-state index in [0.717, 1.165) is 55.4 Å². The van der Waals surface area contributed by atoms with Crippen molar-refractivity contribution in [2.24, 2.45) is 11.8 Å². The topological polar surface area (TPSA) is 49.8 Å². The summed E-state index contributed by atoms with van der Waals surface area (Å²) in [5, 5.41) is 10.9. The first-order valence-electron chi connectivity index (χ1n) is 13.4. The molecule has 0 amide bonds. The number of hydrogen-bond acceptors (Lipinski definition) is 3. The highest BCUT2D eigenvalue weighted by atomic mass is 19.3. The van der Waals surface area contributed by atoms with Crippen LogP contribution in [0.4, 0.5) is 8.78 Å². The van der Waals surface area contributed by atoms with Crippen LogP contribution >= 0.6 is 0 Å². The molecule has 2 aliphatic heterocycles. The van der Waals surface area contributed by atoms with E-state index in [9.17, 15) is 18.7 Å². The Morgan fingerprint density at radius 1 is 1.06 bits per heavy atom. The number of benzene rings is 2. The van der Waals surface area contributed by atoms with Crippen LogP contribution in [0.1, 0.15) is 95.2 Å². The van der Waals surface area contributed by atoms with Crippen molar-refractivity contribution in [3.05, 3.63) is 41.5 Å². The summed E-state index contributed by atoms with van der Waals surface area (Å²) in [5.41, 5.74) is 1.01. The minimum atomic E-state index is -2.62. The number of hydrogen-bond donors (Lipinski definition) is 1. The van der Waals surface area contributed by atoms with Crippen molar-refractivity contribution < 1.29 is 23.4 Å². The van der Waals surface area contributed by atoms with Gasteiger partial charge in [0.1, 0.15) is 5.75 Å². The highest BCUT2D eigenvalue weighted by Gasteiger charge is 2.45. The minimum absolute atomic E-state index is 0.000937. The van der Waals surface area contributed by atoms with E-state index < -0.39 is 12.4 Å². The molecule has 0 aromatic heterocycles. The van der Waals surface area contributed by atoms with E-state index in [2.05, 4.69) is 18.7 Å².